The topological polar surface area (TPSA) is 50.1 Å². The van der Waals surface area contributed by atoms with Gasteiger partial charge >= 0.3 is 5.97 Å². The summed E-state index contributed by atoms with van der Waals surface area (Å²) in [5.41, 5.74) is -0.939. The zero-order valence-corrected chi connectivity index (χ0v) is 10.7. The molecule has 4 atom stereocenters. The largest absolute Gasteiger partial charge is 0.465 e. The van der Waals surface area contributed by atoms with Crippen LogP contribution in [0.3, 0.4) is 0 Å². The third-order valence-electron chi connectivity index (χ3n) is 4.53. The molecule has 3 heteroatoms. The van der Waals surface area contributed by atoms with Crippen LogP contribution in [0.4, 0.5) is 0 Å². The van der Waals surface area contributed by atoms with Crippen LogP contribution in [0.25, 0.3) is 0 Å². The van der Waals surface area contributed by atoms with Crippen LogP contribution in [0.1, 0.15) is 46.0 Å². The Labute approximate surface area is 103 Å². The second-order valence-electron chi connectivity index (χ2n) is 5.80. The number of hydrogen-bond donors (Lipinski definition) is 0. The van der Waals surface area contributed by atoms with Crippen LogP contribution in [0, 0.1) is 34.5 Å². The minimum absolute atomic E-state index is 0.342. The van der Waals surface area contributed by atoms with E-state index in [1.807, 2.05) is 0 Å². The van der Waals surface area contributed by atoms with Crippen molar-refractivity contribution in [1.29, 1.82) is 5.26 Å². The molecule has 0 amide bonds. The molecular formula is C14H21NO2. The Bertz CT molecular complexity index is 347. The fourth-order valence-electron chi connectivity index (χ4n) is 3.62. The molecule has 2 fully saturated rings. The maximum atomic E-state index is 11.8. The molecule has 2 saturated carbocycles. The normalized spacial score (nSPS) is 34.1. The van der Waals surface area contributed by atoms with Crippen molar-refractivity contribution < 1.29 is 9.53 Å². The molecule has 94 valence electrons. The fourth-order valence-corrected chi connectivity index (χ4v) is 3.62. The van der Waals surface area contributed by atoms with Crippen molar-refractivity contribution >= 4 is 5.97 Å². The summed E-state index contributed by atoms with van der Waals surface area (Å²) in [5.74, 6) is 1.82. The molecule has 2 aliphatic carbocycles. The van der Waals surface area contributed by atoms with Crippen LogP contribution in [-0.2, 0) is 9.53 Å². The smallest absolute Gasteiger partial charge is 0.326 e. The predicted molar refractivity (Wildman–Crippen MR) is 63.9 cm³/mol. The molecule has 3 nitrogen and oxygen atoms in total. The van der Waals surface area contributed by atoms with Gasteiger partial charge in [-0.15, -0.1) is 0 Å². The van der Waals surface area contributed by atoms with Crippen LogP contribution in [-0.4, -0.2) is 12.6 Å². The summed E-state index contributed by atoms with van der Waals surface area (Å²) in [4.78, 5) is 11.8. The first-order valence-electron chi connectivity index (χ1n) is 6.67. The van der Waals surface area contributed by atoms with Gasteiger partial charge in [0.15, 0.2) is 5.41 Å². The molecule has 2 aliphatic rings. The number of carbonyl (C=O) groups is 1. The Morgan fingerprint density at radius 3 is 2.71 bits per heavy atom. The van der Waals surface area contributed by atoms with E-state index in [-0.39, 0.29) is 5.97 Å². The Morgan fingerprint density at radius 1 is 1.47 bits per heavy atom. The van der Waals surface area contributed by atoms with Crippen LogP contribution in [0.5, 0.6) is 0 Å². The third kappa shape index (κ3) is 2.31. The van der Waals surface area contributed by atoms with E-state index in [0.717, 1.165) is 11.8 Å². The molecule has 0 aromatic carbocycles. The van der Waals surface area contributed by atoms with Gasteiger partial charge < -0.3 is 4.74 Å². The lowest BCUT2D eigenvalue weighted by Gasteiger charge is -2.28. The highest BCUT2D eigenvalue weighted by atomic mass is 16.5. The van der Waals surface area contributed by atoms with Crippen LogP contribution in [0.2, 0.25) is 0 Å². The molecule has 2 rings (SSSR count). The van der Waals surface area contributed by atoms with E-state index >= 15 is 0 Å². The second-order valence-corrected chi connectivity index (χ2v) is 5.80. The second kappa shape index (κ2) is 4.68. The van der Waals surface area contributed by atoms with Gasteiger partial charge in [-0.25, -0.2) is 0 Å². The molecule has 0 saturated heterocycles. The lowest BCUT2D eigenvalue weighted by Crippen LogP contribution is -2.32. The minimum Gasteiger partial charge on any atom is -0.465 e. The van der Waals surface area contributed by atoms with E-state index in [1.165, 1.54) is 25.7 Å². The number of ether oxygens (including phenoxy) is 1. The van der Waals surface area contributed by atoms with Crippen molar-refractivity contribution in [2.75, 3.05) is 6.61 Å². The van der Waals surface area contributed by atoms with Gasteiger partial charge in [0.2, 0.25) is 0 Å². The first kappa shape index (κ1) is 12.4. The molecule has 0 aliphatic heterocycles. The number of fused-ring (bicyclic) bond motifs is 2. The Kier molecular flexibility index (Phi) is 3.42. The first-order valence-corrected chi connectivity index (χ1v) is 6.67. The maximum Gasteiger partial charge on any atom is 0.326 e. The highest BCUT2D eigenvalue weighted by Crippen LogP contribution is 2.51. The molecule has 17 heavy (non-hydrogen) atoms. The van der Waals surface area contributed by atoms with Crippen molar-refractivity contribution in [2.45, 2.75) is 46.0 Å². The van der Waals surface area contributed by atoms with Gasteiger partial charge in [-0.1, -0.05) is 6.42 Å². The average molecular weight is 235 g/mol. The van der Waals surface area contributed by atoms with Crippen molar-refractivity contribution in [3.63, 3.8) is 0 Å². The van der Waals surface area contributed by atoms with Crippen molar-refractivity contribution in [3.05, 3.63) is 0 Å². The molecular weight excluding hydrogens is 214 g/mol. The Hall–Kier alpha value is -1.04. The number of hydrogen-bond acceptors (Lipinski definition) is 3. The van der Waals surface area contributed by atoms with E-state index < -0.39 is 5.41 Å². The number of carbonyl (C=O) groups excluding carboxylic acids is 1. The van der Waals surface area contributed by atoms with Gasteiger partial charge in [-0.2, -0.15) is 5.26 Å². The van der Waals surface area contributed by atoms with Crippen molar-refractivity contribution in [2.24, 2.45) is 23.2 Å². The standard InChI is InChI=1S/C14H21NO2/c1-3-17-13(16)14(2,9-15)8-12-7-10-4-5-11(12)6-10/h10-12H,3-8H2,1-2H3. The van der Waals surface area contributed by atoms with E-state index in [2.05, 4.69) is 6.07 Å². The summed E-state index contributed by atoms with van der Waals surface area (Å²) < 4.78 is 5.03. The highest BCUT2D eigenvalue weighted by molar-refractivity contribution is 5.79. The quantitative estimate of drug-likeness (QED) is 0.704. The van der Waals surface area contributed by atoms with Gasteiger partial charge in [-0.3, -0.25) is 4.79 Å². The number of rotatable bonds is 4. The maximum absolute atomic E-state index is 11.8. The first-order chi connectivity index (χ1) is 8.09. The molecule has 2 bridgehead atoms. The average Bonchev–Trinajstić information content (AvgIpc) is 2.91. The Morgan fingerprint density at radius 2 is 2.24 bits per heavy atom. The van der Waals surface area contributed by atoms with Gasteiger partial charge in [-0.05, 0) is 57.3 Å². The molecule has 0 N–H and O–H groups in total. The van der Waals surface area contributed by atoms with Gasteiger partial charge in [0.05, 0.1) is 12.7 Å². The van der Waals surface area contributed by atoms with Gasteiger partial charge in [0.25, 0.3) is 0 Å². The molecule has 0 radical (unpaired) electrons. The van der Waals surface area contributed by atoms with Gasteiger partial charge in [0, 0.05) is 0 Å². The third-order valence-corrected chi connectivity index (χ3v) is 4.53. The van der Waals surface area contributed by atoms with E-state index in [4.69, 9.17) is 4.74 Å². The van der Waals surface area contributed by atoms with Crippen molar-refractivity contribution in [3.8, 4) is 6.07 Å². The molecule has 0 aromatic heterocycles. The summed E-state index contributed by atoms with van der Waals surface area (Å²) in [6.07, 6.45) is 5.85. The van der Waals surface area contributed by atoms with Gasteiger partial charge in [0.1, 0.15) is 0 Å². The number of esters is 1. The van der Waals surface area contributed by atoms with Crippen LogP contribution in [0.15, 0.2) is 0 Å². The summed E-state index contributed by atoms with van der Waals surface area (Å²) in [7, 11) is 0. The monoisotopic (exact) mass is 235 g/mol. The highest BCUT2D eigenvalue weighted by Gasteiger charge is 2.45. The fraction of sp³-hybridized carbons (Fsp3) is 0.857. The summed E-state index contributed by atoms with van der Waals surface area (Å²) in [5, 5.41) is 9.26. The molecule has 0 aromatic rings. The minimum atomic E-state index is -0.939. The summed E-state index contributed by atoms with van der Waals surface area (Å²) in [6, 6.07) is 2.17. The zero-order valence-electron chi connectivity index (χ0n) is 10.7. The summed E-state index contributed by atoms with van der Waals surface area (Å²) >= 11 is 0. The zero-order chi connectivity index (χ0) is 12.5. The van der Waals surface area contributed by atoms with Crippen LogP contribution >= 0.6 is 0 Å². The Balaban J connectivity index is 2.00. The van der Waals surface area contributed by atoms with E-state index in [9.17, 15) is 10.1 Å². The number of nitrogens with zero attached hydrogens (tertiary/aromatic N) is 1. The molecule has 4 unspecified atom stereocenters. The van der Waals surface area contributed by atoms with E-state index in [1.54, 1.807) is 13.8 Å². The molecule has 0 spiro atoms. The predicted octanol–water partition coefficient (Wildman–Crippen LogP) is 2.91. The molecule has 0 heterocycles. The van der Waals surface area contributed by atoms with Crippen molar-refractivity contribution in [1.82, 2.24) is 0 Å². The lowest BCUT2D eigenvalue weighted by molar-refractivity contribution is -0.152. The van der Waals surface area contributed by atoms with E-state index in [0.29, 0.717) is 18.9 Å². The lowest BCUT2D eigenvalue weighted by atomic mass is 9.76. The summed E-state index contributed by atoms with van der Waals surface area (Å²) in [6.45, 7) is 3.87. The SMILES string of the molecule is CCOC(=O)C(C)(C#N)CC1CC2CCC1C2. The number of nitriles is 1. The van der Waals surface area contributed by atoms with Crippen LogP contribution < -0.4 is 0 Å².